The fourth-order valence-electron chi connectivity index (χ4n) is 2.88. The van der Waals surface area contributed by atoms with Crippen molar-refractivity contribution >= 4 is 0 Å². The first-order valence-electron chi connectivity index (χ1n) is 8.59. The van der Waals surface area contributed by atoms with Gasteiger partial charge in [-0.2, -0.15) is 0 Å². The molecule has 1 aromatic carbocycles. The summed E-state index contributed by atoms with van der Waals surface area (Å²) in [6.45, 7) is 0. The molecule has 0 saturated carbocycles. The van der Waals surface area contributed by atoms with Crippen molar-refractivity contribution in [1.29, 1.82) is 0 Å². The van der Waals surface area contributed by atoms with Crippen molar-refractivity contribution in [3.05, 3.63) is 83.6 Å². The zero-order valence-electron chi connectivity index (χ0n) is 15.0. The van der Waals surface area contributed by atoms with Gasteiger partial charge in [0, 0.05) is 41.5 Å². The van der Waals surface area contributed by atoms with Gasteiger partial charge in [-0.15, -0.1) is 0 Å². The number of aliphatic hydroxyl groups is 1. The van der Waals surface area contributed by atoms with E-state index in [0.29, 0.717) is 0 Å². The summed E-state index contributed by atoms with van der Waals surface area (Å²) in [6, 6.07) is 6.25. The highest BCUT2D eigenvalue weighted by molar-refractivity contribution is 5.65. The van der Waals surface area contributed by atoms with Gasteiger partial charge in [-0.1, -0.05) is 11.2 Å². The van der Waals surface area contributed by atoms with E-state index >= 15 is 0 Å². The zero-order valence-corrected chi connectivity index (χ0v) is 15.0. The summed E-state index contributed by atoms with van der Waals surface area (Å²) in [7, 11) is 0. The zero-order chi connectivity index (χ0) is 21.3. The normalized spacial score (nSPS) is 12.3. The van der Waals surface area contributed by atoms with E-state index < -0.39 is 29.9 Å². The Kier molecular flexibility index (Phi) is 5.23. The summed E-state index contributed by atoms with van der Waals surface area (Å²) in [5.41, 5.74) is 0.378. The van der Waals surface area contributed by atoms with Crippen LogP contribution in [0.2, 0.25) is 0 Å². The first-order chi connectivity index (χ1) is 14.5. The molecule has 10 heteroatoms. The van der Waals surface area contributed by atoms with Crippen LogP contribution in [0.4, 0.5) is 17.6 Å². The lowest BCUT2D eigenvalue weighted by Gasteiger charge is -2.12. The highest BCUT2D eigenvalue weighted by Crippen LogP contribution is 2.37. The third-order valence-corrected chi connectivity index (χ3v) is 4.33. The van der Waals surface area contributed by atoms with Gasteiger partial charge in [-0.05, 0) is 24.3 Å². The van der Waals surface area contributed by atoms with Gasteiger partial charge in [0.25, 0.3) is 6.43 Å². The van der Waals surface area contributed by atoms with Crippen LogP contribution in [0.3, 0.4) is 0 Å². The number of halogens is 4. The average Bonchev–Trinajstić information content (AvgIpc) is 3.21. The van der Waals surface area contributed by atoms with Gasteiger partial charge in [0.2, 0.25) is 5.76 Å². The van der Waals surface area contributed by atoms with Crippen LogP contribution in [-0.2, 0) is 0 Å². The smallest absolute Gasteiger partial charge is 0.298 e. The average molecular weight is 416 g/mol. The Morgan fingerprint density at radius 3 is 2.33 bits per heavy atom. The lowest BCUT2D eigenvalue weighted by Crippen LogP contribution is -2.04. The Morgan fingerprint density at radius 2 is 1.70 bits per heavy atom. The summed E-state index contributed by atoms with van der Waals surface area (Å²) in [6.07, 6.45) is 0.833. The van der Waals surface area contributed by atoms with Crippen molar-refractivity contribution in [3.63, 3.8) is 0 Å². The first-order valence-corrected chi connectivity index (χ1v) is 8.59. The molecule has 152 valence electrons. The van der Waals surface area contributed by atoms with Gasteiger partial charge in [0.15, 0.2) is 17.5 Å². The number of pyridine rings is 1. The molecular weight excluding hydrogens is 404 g/mol. The van der Waals surface area contributed by atoms with Crippen LogP contribution >= 0.6 is 0 Å². The molecule has 0 bridgehead atoms. The predicted molar refractivity (Wildman–Crippen MR) is 96.1 cm³/mol. The topological polar surface area (TPSA) is 84.9 Å². The van der Waals surface area contributed by atoms with Crippen molar-refractivity contribution in [3.8, 4) is 22.6 Å². The van der Waals surface area contributed by atoms with Gasteiger partial charge >= 0.3 is 0 Å². The fourth-order valence-corrected chi connectivity index (χ4v) is 2.88. The number of rotatable bonds is 5. The largest absolute Gasteiger partial charge is 0.383 e. The summed E-state index contributed by atoms with van der Waals surface area (Å²) in [4.78, 5) is 12.0. The van der Waals surface area contributed by atoms with Crippen LogP contribution in [0, 0.1) is 11.6 Å². The third kappa shape index (κ3) is 3.64. The molecule has 1 unspecified atom stereocenters. The maximum Gasteiger partial charge on any atom is 0.298 e. The Morgan fingerprint density at radius 1 is 0.933 bits per heavy atom. The molecule has 0 aliphatic carbocycles. The molecule has 3 aromatic heterocycles. The van der Waals surface area contributed by atoms with Crippen LogP contribution in [-0.4, -0.2) is 25.2 Å². The Bertz CT molecular complexity index is 1170. The van der Waals surface area contributed by atoms with Gasteiger partial charge in [-0.25, -0.2) is 27.5 Å². The summed E-state index contributed by atoms with van der Waals surface area (Å²) in [5.74, 6) is -2.76. The molecule has 6 nitrogen and oxygen atoms in total. The Labute approximate surface area is 166 Å². The fraction of sp³-hybridized carbons (Fsp3) is 0.100. The molecule has 4 aromatic rings. The molecule has 0 radical (unpaired) electrons. The highest BCUT2D eigenvalue weighted by atomic mass is 19.3. The number of aliphatic hydroxyl groups excluding tert-OH is 1. The third-order valence-electron chi connectivity index (χ3n) is 4.33. The molecular formula is C20H12F4N4O2. The molecule has 0 fully saturated rings. The molecule has 1 N–H and O–H groups in total. The number of nitrogens with zero attached hydrogens (tertiary/aromatic N) is 4. The highest BCUT2D eigenvalue weighted by Gasteiger charge is 2.30. The molecule has 0 saturated heterocycles. The standard InChI is InChI=1S/C20H12F4N4O2/c21-13-4-3-10(6-14(13)22)20-26-8-12(9-27-20)16-15(18(19(23)24)30-28-16)17(29)11-2-1-5-25-7-11/h1-9,17,19,29H. The molecule has 0 spiro atoms. The van der Waals surface area contributed by atoms with Crippen LogP contribution in [0.25, 0.3) is 22.6 Å². The number of benzene rings is 1. The lowest BCUT2D eigenvalue weighted by molar-refractivity contribution is 0.105. The number of hydrogen-bond acceptors (Lipinski definition) is 6. The van der Waals surface area contributed by atoms with Gasteiger partial charge in [-0.3, -0.25) is 4.98 Å². The minimum absolute atomic E-state index is 0.0708. The van der Waals surface area contributed by atoms with Crippen molar-refractivity contribution in [2.75, 3.05) is 0 Å². The SMILES string of the molecule is OC(c1cccnc1)c1c(-c2cnc(-c3ccc(F)c(F)c3)nc2)noc1C(F)F. The minimum atomic E-state index is -3.02. The lowest BCUT2D eigenvalue weighted by atomic mass is 9.98. The van der Waals surface area contributed by atoms with Gasteiger partial charge < -0.3 is 9.63 Å². The molecule has 0 aliphatic rings. The summed E-state index contributed by atoms with van der Waals surface area (Å²) in [5, 5.41) is 14.3. The molecule has 4 rings (SSSR count). The van der Waals surface area contributed by atoms with Crippen LogP contribution in [0.5, 0.6) is 0 Å². The van der Waals surface area contributed by atoms with Crippen molar-refractivity contribution in [2.45, 2.75) is 12.5 Å². The molecule has 3 heterocycles. The van der Waals surface area contributed by atoms with E-state index in [0.717, 1.165) is 12.1 Å². The molecule has 0 amide bonds. The van der Waals surface area contributed by atoms with E-state index in [2.05, 4.69) is 20.1 Å². The van der Waals surface area contributed by atoms with E-state index in [9.17, 15) is 22.7 Å². The van der Waals surface area contributed by atoms with Crippen LogP contribution in [0.1, 0.15) is 29.4 Å². The number of alkyl halides is 2. The molecule has 0 aliphatic heterocycles. The monoisotopic (exact) mass is 416 g/mol. The van der Waals surface area contributed by atoms with E-state index in [4.69, 9.17) is 4.52 Å². The minimum Gasteiger partial charge on any atom is -0.383 e. The summed E-state index contributed by atoms with van der Waals surface area (Å²) < 4.78 is 58.2. The van der Waals surface area contributed by atoms with Crippen molar-refractivity contribution in [1.82, 2.24) is 20.1 Å². The van der Waals surface area contributed by atoms with Crippen LogP contribution in [0.15, 0.2) is 59.6 Å². The van der Waals surface area contributed by atoms with E-state index in [-0.39, 0.29) is 33.8 Å². The summed E-state index contributed by atoms with van der Waals surface area (Å²) >= 11 is 0. The van der Waals surface area contributed by atoms with E-state index in [1.807, 2.05) is 0 Å². The maximum atomic E-state index is 13.4. The number of aromatic nitrogens is 4. The first kappa shape index (κ1) is 19.6. The van der Waals surface area contributed by atoms with Gasteiger partial charge in [0.1, 0.15) is 11.8 Å². The second-order valence-corrected chi connectivity index (χ2v) is 6.22. The van der Waals surface area contributed by atoms with Crippen LogP contribution < -0.4 is 0 Å². The second-order valence-electron chi connectivity index (χ2n) is 6.22. The van der Waals surface area contributed by atoms with E-state index in [1.54, 1.807) is 6.07 Å². The van der Waals surface area contributed by atoms with Gasteiger partial charge in [0.05, 0.1) is 5.56 Å². The second kappa shape index (κ2) is 7.99. The van der Waals surface area contributed by atoms with Crippen molar-refractivity contribution < 1.29 is 27.2 Å². The van der Waals surface area contributed by atoms with E-state index in [1.165, 1.54) is 36.9 Å². The maximum absolute atomic E-state index is 13.4. The molecule has 1 atom stereocenters. The molecule has 30 heavy (non-hydrogen) atoms. The quantitative estimate of drug-likeness (QED) is 0.483. The Hall–Kier alpha value is -3.66. The Balaban J connectivity index is 1.74. The van der Waals surface area contributed by atoms with Crippen molar-refractivity contribution in [2.24, 2.45) is 0 Å². The predicted octanol–water partition coefficient (Wildman–Crippen LogP) is 4.49. The number of hydrogen-bond donors (Lipinski definition) is 1.